The van der Waals surface area contributed by atoms with Gasteiger partial charge in [0, 0.05) is 17.5 Å². The SMILES string of the molecule is Cl.O=c1cc(C2CCNCC2)n2ncc(-c3nc(-c4ccc(OC(F)(F)F)c(Cl)c4)no3)c2[nH]1. The first-order valence-electron chi connectivity index (χ1n) is 10.00. The molecule has 2 N–H and O–H groups in total. The zero-order valence-electron chi connectivity index (χ0n) is 17.2. The Kier molecular flexibility index (Phi) is 6.56. The van der Waals surface area contributed by atoms with E-state index >= 15 is 0 Å². The van der Waals surface area contributed by atoms with Crippen LogP contribution in [0.3, 0.4) is 0 Å². The van der Waals surface area contributed by atoms with Crippen LogP contribution < -0.4 is 15.6 Å². The molecule has 0 atom stereocenters. The molecule has 0 amide bonds. The summed E-state index contributed by atoms with van der Waals surface area (Å²) in [5.74, 6) is -0.171. The summed E-state index contributed by atoms with van der Waals surface area (Å²) in [5, 5.41) is 11.3. The molecule has 34 heavy (non-hydrogen) atoms. The quantitative estimate of drug-likeness (QED) is 0.418. The van der Waals surface area contributed by atoms with Crippen molar-refractivity contribution in [2.45, 2.75) is 25.1 Å². The number of ether oxygens (including phenoxy) is 1. The minimum absolute atomic E-state index is 0. The molecule has 1 aliphatic rings. The van der Waals surface area contributed by atoms with Crippen molar-refractivity contribution in [1.29, 1.82) is 0 Å². The van der Waals surface area contributed by atoms with Gasteiger partial charge in [-0.05, 0) is 44.1 Å². The van der Waals surface area contributed by atoms with Gasteiger partial charge in [-0.25, -0.2) is 4.52 Å². The summed E-state index contributed by atoms with van der Waals surface area (Å²) in [6.45, 7) is 1.71. The maximum absolute atomic E-state index is 12.5. The van der Waals surface area contributed by atoms with Gasteiger partial charge in [0.15, 0.2) is 0 Å². The van der Waals surface area contributed by atoms with Gasteiger partial charge in [0.25, 0.3) is 11.4 Å². The molecule has 180 valence electrons. The highest BCUT2D eigenvalue weighted by Crippen LogP contribution is 2.34. The van der Waals surface area contributed by atoms with Crippen LogP contribution in [0.15, 0.2) is 39.8 Å². The molecule has 0 spiro atoms. The van der Waals surface area contributed by atoms with E-state index < -0.39 is 12.1 Å². The van der Waals surface area contributed by atoms with E-state index in [-0.39, 0.29) is 40.6 Å². The number of nitrogens with one attached hydrogen (secondary N) is 2. The van der Waals surface area contributed by atoms with E-state index in [1.165, 1.54) is 18.3 Å². The minimum atomic E-state index is -4.86. The van der Waals surface area contributed by atoms with Crippen LogP contribution >= 0.6 is 24.0 Å². The Labute approximate surface area is 200 Å². The fraction of sp³-hybridized carbons (Fsp3) is 0.300. The third-order valence-corrected chi connectivity index (χ3v) is 5.66. The van der Waals surface area contributed by atoms with Gasteiger partial charge in [0.1, 0.15) is 17.0 Å². The van der Waals surface area contributed by atoms with E-state index in [1.807, 2.05) is 0 Å². The standard InChI is InChI=1S/C20H16ClF3N6O3.ClH/c21-13-7-11(1-2-15(13)32-20(22,23)24)17-28-19(33-29-17)12-9-26-30-14(8-16(31)27-18(12)30)10-3-5-25-6-4-10;/h1-2,7-10,25H,3-6H2,(H,27,31);1H. The minimum Gasteiger partial charge on any atom is -0.404 e. The summed E-state index contributed by atoms with van der Waals surface area (Å²) >= 11 is 5.91. The number of aromatic amines is 1. The second kappa shape index (κ2) is 9.28. The topological polar surface area (TPSA) is 110 Å². The summed E-state index contributed by atoms with van der Waals surface area (Å²) in [4.78, 5) is 19.4. The number of H-pyrrole nitrogens is 1. The molecule has 0 aliphatic carbocycles. The van der Waals surface area contributed by atoms with Crippen LogP contribution in [0.25, 0.3) is 28.5 Å². The molecule has 3 aromatic heterocycles. The Bertz CT molecular complexity index is 1380. The van der Waals surface area contributed by atoms with Crippen LogP contribution in [0.4, 0.5) is 13.2 Å². The molecule has 14 heteroatoms. The second-order valence-corrected chi connectivity index (χ2v) is 7.92. The zero-order chi connectivity index (χ0) is 23.2. The number of halogens is 5. The van der Waals surface area contributed by atoms with Gasteiger partial charge in [-0.1, -0.05) is 16.8 Å². The van der Waals surface area contributed by atoms with E-state index in [4.69, 9.17) is 16.1 Å². The fourth-order valence-corrected chi connectivity index (χ4v) is 4.09. The summed E-state index contributed by atoms with van der Waals surface area (Å²) in [5.41, 5.74) is 1.69. The Morgan fingerprint density at radius 2 is 1.97 bits per heavy atom. The van der Waals surface area contributed by atoms with Gasteiger partial charge >= 0.3 is 6.36 Å². The molecular formula is C20H17Cl2F3N6O3. The van der Waals surface area contributed by atoms with Crippen molar-refractivity contribution in [2.24, 2.45) is 0 Å². The summed E-state index contributed by atoms with van der Waals surface area (Å²) in [7, 11) is 0. The van der Waals surface area contributed by atoms with Crippen molar-refractivity contribution < 1.29 is 22.4 Å². The third-order valence-electron chi connectivity index (χ3n) is 5.36. The predicted molar refractivity (Wildman–Crippen MR) is 118 cm³/mol. The van der Waals surface area contributed by atoms with Crippen molar-refractivity contribution in [2.75, 3.05) is 13.1 Å². The lowest BCUT2D eigenvalue weighted by molar-refractivity contribution is -0.274. The molecule has 4 aromatic rings. The molecule has 5 rings (SSSR count). The maximum atomic E-state index is 12.5. The number of aromatic nitrogens is 5. The van der Waals surface area contributed by atoms with Gasteiger partial charge in [-0.15, -0.1) is 25.6 Å². The van der Waals surface area contributed by atoms with Crippen LogP contribution in [-0.2, 0) is 0 Å². The summed E-state index contributed by atoms with van der Waals surface area (Å²) in [6, 6.07) is 5.18. The molecular weight excluding hydrogens is 500 g/mol. The van der Waals surface area contributed by atoms with Crippen molar-refractivity contribution in [3.63, 3.8) is 0 Å². The molecule has 1 aliphatic heterocycles. The number of nitrogens with zero attached hydrogens (tertiary/aromatic N) is 4. The number of piperidine rings is 1. The van der Waals surface area contributed by atoms with Crippen molar-refractivity contribution in [3.8, 4) is 28.6 Å². The third kappa shape index (κ3) is 4.74. The van der Waals surface area contributed by atoms with Crippen LogP contribution in [0.5, 0.6) is 5.75 Å². The Hall–Kier alpha value is -3.09. The number of hydrogen-bond acceptors (Lipinski definition) is 7. The van der Waals surface area contributed by atoms with E-state index in [1.54, 1.807) is 10.6 Å². The van der Waals surface area contributed by atoms with E-state index in [2.05, 4.69) is 30.3 Å². The van der Waals surface area contributed by atoms with Crippen LogP contribution in [0.1, 0.15) is 24.5 Å². The molecule has 4 heterocycles. The number of hydrogen-bond donors (Lipinski definition) is 2. The summed E-state index contributed by atoms with van der Waals surface area (Å²) in [6.07, 6.45) is -1.58. The Morgan fingerprint density at radius 3 is 2.68 bits per heavy atom. The lowest BCUT2D eigenvalue weighted by atomic mass is 9.94. The molecule has 1 aromatic carbocycles. The molecule has 9 nitrogen and oxygen atoms in total. The number of benzene rings is 1. The number of fused-ring (bicyclic) bond motifs is 1. The molecule has 0 saturated carbocycles. The predicted octanol–water partition coefficient (Wildman–Crippen LogP) is 4.18. The van der Waals surface area contributed by atoms with Crippen molar-refractivity contribution in [1.82, 2.24) is 30.1 Å². The average Bonchev–Trinajstić information content (AvgIpc) is 3.41. The van der Waals surface area contributed by atoms with Gasteiger partial charge in [-0.2, -0.15) is 10.1 Å². The highest BCUT2D eigenvalue weighted by molar-refractivity contribution is 6.32. The number of rotatable bonds is 4. The first-order chi connectivity index (χ1) is 15.8. The van der Waals surface area contributed by atoms with Crippen molar-refractivity contribution >= 4 is 29.7 Å². The molecule has 0 unspecified atom stereocenters. The first-order valence-corrected chi connectivity index (χ1v) is 10.4. The zero-order valence-corrected chi connectivity index (χ0v) is 18.8. The van der Waals surface area contributed by atoms with Crippen molar-refractivity contribution in [3.05, 3.63) is 51.5 Å². The molecule has 1 saturated heterocycles. The van der Waals surface area contributed by atoms with Gasteiger partial charge < -0.3 is 19.6 Å². The number of alkyl halides is 3. The van der Waals surface area contributed by atoms with Crippen LogP contribution in [0.2, 0.25) is 5.02 Å². The molecule has 0 bridgehead atoms. The normalized spacial score (nSPS) is 14.8. The van der Waals surface area contributed by atoms with Crippen LogP contribution in [0, 0.1) is 0 Å². The lowest BCUT2D eigenvalue weighted by Crippen LogP contribution is -2.28. The first kappa shape index (κ1) is 24.0. The highest BCUT2D eigenvalue weighted by atomic mass is 35.5. The van der Waals surface area contributed by atoms with E-state index in [0.29, 0.717) is 16.8 Å². The van der Waals surface area contributed by atoms with E-state index in [0.717, 1.165) is 37.7 Å². The Balaban J connectivity index is 0.00000274. The van der Waals surface area contributed by atoms with Gasteiger partial charge in [0.05, 0.1) is 16.9 Å². The van der Waals surface area contributed by atoms with Gasteiger partial charge in [0.2, 0.25) is 5.82 Å². The maximum Gasteiger partial charge on any atom is 0.573 e. The van der Waals surface area contributed by atoms with Gasteiger partial charge in [-0.3, -0.25) is 4.79 Å². The van der Waals surface area contributed by atoms with Crippen LogP contribution in [-0.4, -0.2) is 44.2 Å². The average molecular weight is 517 g/mol. The lowest BCUT2D eigenvalue weighted by Gasteiger charge is -2.23. The summed E-state index contributed by atoms with van der Waals surface area (Å²) < 4.78 is 48.2. The largest absolute Gasteiger partial charge is 0.573 e. The smallest absolute Gasteiger partial charge is 0.404 e. The molecule has 0 radical (unpaired) electrons. The second-order valence-electron chi connectivity index (χ2n) is 7.52. The Morgan fingerprint density at radius 1 is 1.21 bits per heavy atom. The van der Waals surface area contributed by atoms with E-state index in [9.17, 15) is 18.0 Å². The molecule has 1 fully saturated rings. The fourth-order valence-electron chi connectivity index (χ4n) is 3.88. The monoisotopic (exact) mass is 516 g/mol. The highest BCUT2D eigenvalue weighted by Gasteiger charge is 2.32.